The molecule has 0 amide bonds. The molecular formula is C10H13N7O2S. The molecule has 9 nitrogen and oxygen atoms in total. The van der Waals surface area contributed by atoms with Crippen LogP contribution in [0.4, 0.5) is 5.69 Å². The molecule has 0 aromatic heterocycles. The smallest absolute Gasteiger partial charge is 0.240 e. The molecule has 0 aliphatic carbocycles. The average molecular weight is 295 g/mol. The fraction of sp³-hybridized carbons (Fsp3) is 0.100. The van der Waals surface area contributed by atoms with E-state index in [1.807, 2.05) is 0 Å². The van der Waals surface area contributed by atoms with E-state index in [0.29, 0.717) is 5.69 Å². The first kappa shape index (κ1) is 14.0. The minimum absolute atomic E-state index is 0.115. The molecule has 1 heterocycles. The molecule has 2 rings (SSSR count). The van der Waals surface area contributed by atoms with Gasteiger partial charge in [-0.15, -0.1) is 10.2 Å². The Morgan fingerprint density at radius 1 is 1.10 bits per heavy atom. The largest absolute Gasteiger partial charge is 0.380 e. The van der Waals surface area contributed by atoms with Crippen LogP contribution in [0, 0.1) is 0 Å². The van der Waals surface area contributed by atoms with E-state index in [-0.39, 0.29) is 22.3 Å². The van der Waals surface area contributed by atoms with Gasteiger partial charge in [-0.05, 0) is 31.3 Å². The summed E-state index contributed by atoms with van der Waals surface area (Å²) in [4.78, 5) is 0.154. The molecule has 106 valence electrons. The lowest BCUT2D eigenvalue weighted by molar-refractivity contribution is 0.588. The number of rotatable bonds is 4. The fourth-order valence-corrected chi connectivity index (χ4v) is 2.13. The van der Waals surface area contributed by atoms with Gasteiger partial charge in [0.15, 0.2) is 17.4 Å². The third-order valence-corrected chi connectivity index (χ3v) is 3.91. The van der Waals surface area contributed by atoms with E-state index >= 15 is 0 Å². The van der Waals surface area contributed by atoms with Crippen LogP contribution < -0.4 is 21.6 Å². The molecule has 0 unspecified atom stereocenters. The molecular weight excluding hydrogens is 282 g/mol. The Morgan fingerprint density at radius 2 is 1.65 bits per heavy atom. The highest BCUT2D eigenvalue weighted by Gasteiger charge is 2.16. The summed E-state index contributed by atoms with van der Waals surface area (Å²) in [6, 6.07) is 6.00. The number of nitrogens with two attached hydrogens (primary N) is 2. The van der Waals surface area contributed by atoms with Crippen LogP contribution in [0.1, 0.15) is 0 Å². The highest BCUT2D eigenvalue weighted by atomic mass is 32.2. The maximum atomic E-state index is 11.5. The summed E-state index contributed by atoms with van der Waals surface area (Å²) >= 11 is 0. The van der Waals surface area contributed by atoms with Gasteiger partial charge in [0.05, 0.1) is 10.6 Å². The van der Waals surface area contributed by atoms with Gasteiger partial charge < -0.3 is 11.5 Å². The van der Waals surface area contributed by atoms with Gasteiger partial charge in [0, 0.05) is 0 Å². The van der Waals surface area contributed by atoms with Crippen LogP contribution in [0.5, 0.6) is 0 Å². The summed E-state index contributed by atoms with van der Waals surface area (Å²) in [5.41, 5.74) is 14.6. The number of amidine groups is 2. The Hall–Kier alpha value is -2.46. The highest BCUT2D eigenvalue weighted by molar-refractivity contribution is 7.89. The highest BCUT2D eigenvalue weighted by Crippen LogP contribution is 2.13. The molecule has 0 bridgehead atoms. The SMILES string of the molecule is CNS(=O)(=O)c1ccc(NN=C2C(N)=NN=C2N)cc1. The summed E-state index contributed by atoms with van der Waals surface area (Å²) in [7, 11) is -2.11. The lowest BCUT2D eigenvalue weighted by Gasteiger charge is -2.05. The summed E-state index contributed by atoms with van der Waals surface area (Å²) in [6.45, 7) is 0. The number of hydrogen-bond acceptors (Lipinski definition) is 8. The molecule has 1 aliphatic rings. The summed E-state index contributed by atoms with van der Waals surface area (Å²) in [5.74, 6) is 0.230. The van der Waals surface area contributed by atoms with Crippen molar-refractivity contribution in [2.45, 2.75) is 4.90 Å². The molecule has 0 radical (unpaired) electrons. The van der Waals surface area contributed by atoms with E-state index in [1.54, 1.807) is 12.1 Å². The second-order valence-corrected chi connectivity index (χ2v) is 5.66. The van der Waals surface area contributed by atoms with Crippen molar-refractivity contribution in [3.05, 3.63) is 24.3 Å². The Morgan fingerprint density at radius 3 is 2.15 bits per heavy atom. The number of hydrogen-bond donors (Lipinski definition) is 4. The molecule has 0 saturated carbocycles. The van der Waals surface area contributed by atoms with Crippen LogP contribution in [-0.4, -0.2) is 32.8 Å². The molecule has 0 saturated heterocycles. The van der Waals surface area contributed by atoms with Gasteiger partial charge in [-0.25, -0.2) is 13.1 Å². The molecule has 6 N–H and O–H groups in total. The van der Waals surface area contributed by atoms with Gasteiger partial charge in [0.1, 0.15) is 0 Å². The zero-order valence-corrected chi connectivity index (χ0v) is 11.3. The summed E-state index contributed by atoms with van der Waals surface area (Å²) in [6.07, 6.45) is 0. The minimum Gasteiger partial charge on any atom is -0.380 e. The first-order chi connectivity index (χ1) is 9.44. The van der Waals surface area contributed by atoms with Crippen LogP contribution in [0.15, 0.2) is 44.5 Å². The molecule has 0 fully saturated rings. The topological polar surface area (TPSA) is 147 Å². The van der Waals surface area contributed by atoms with Crippen molar-refractivity contribution in [3.8, 4) is 0 Å². The second-order valence-electron chi connectivity index (χ2n) is 3.77. The second kappa shape index (κ2) is 5.27. The van der Waals surface area contributed by atoms with Crippen molar-refractivity contribution >= 4 is 33.1 Å². The predicted octanol–water partition coefficient (Wildman–Crippen LogP) is -0.994. The van der Waals surface area contributed by atoms with E-state index in [9.17, 15) is 8.42 Å². The molecule has 20 heavy (non-hydrogen) atoms. The minimum atomic E-state index is -3.45. The number of hydrazone groups is 1. The first-order valence-corrected chi connectivity index (χ1v) is 6.97. The van der Waals surface area contributed by atoms with Gasteiger partial charge >= 0.3 is 0 Å². The van der Waals surface area contributed by atoms with Crippen LogP contribution in [-0.2, 0) is 10.0 Å². The van der Waals surface area contributed by atoms with Crippen molar-refractivity contribution in [1.29, 1.82) is 0 Å². The monoisotopic (exact) mass is 295 g/mol. The summed E-state index contributed by atoms with van der Waals surface area (Å²) in [5, 5.41) is 11.1. The van der Waals surface area contributed by atoms with E-state index in [2.05, 4.69) is 25.5 Å². The van der Waals surface area contributed by atoms with Gasteiger partial charge in [-0.3, -0.25) is 5.43 Å². The fourth-order valence-electron chi connectivity index (χ4n) is 1.40. The zero-order chi connectivity index (χ0) is 14.8. The average Bonchev–Trinajstić information content (AvgIpc) is 2.76. The Labute approximate surface area is 115 Å². The van der Waals surface area contributed by atoms with Gasteiger partial charge in [-0.1, -0.05) is 0 Å². The third kappa shape index (κ3) is 2.75. The Kier molecular flexibility index (Phi) is 3.68. The van der Waals surface area contributed by atoms with Gasteiger partial charge in [0.2, 0.25) is 10.0 Å². The van der Waals surface area contributed by atoms with E-state index in [4.69, 9.17) is 11.5 Å². The molecule has 0 atom stereocenters. The van der Waals surface area contributed by atoms with Crippen molar-refractivity contribution in [3.63, 3.8) is 0 Å². The van der Waals surface area contributed by atoms with Crippen LogP contribution in [0.3, 0.4) is 0 Å². The standard InChI is InChI=1S/C10H13N7O2S/c1-13-20(18,19)7-4-2-6(3-5-7)14-15-8-9(11)16-17-10(8)12/h2-5,13-14H,1H3,(H4,11,12,15,16,17). The zero-order valence-electron chi connectivity index (χ0n) is 10.5. The predicted molar refractivity (Wildman–Crippen MR) is 77.0 cm³/mol. The lowest BCUT2D eigenvalue weighted by Crippen LogP contribution is -2.32. The quantitative estimate of drug-likeness (QED) is 0.526. The number of nitrogens with one attached hydrogen (secondary N) is 2. The molecule has 1 aromatic carbocycles. The van der Waals surface area contributed by atoms with E-state index in [1.165, 1.54) is 19.2 Å². The number of nitrogens with zero attached hydrogens (tertiary/aromatic N) is 3. The molecule has 10 heteroatoms. The third-order valence-electron chi connectivity index (χ3n) is 2.48. The van der Waals surface area contributed by atoms with Crippen molar-refractivity contribution in [2.75, 3.05) is 12.5 Å². The molecule has 1 aromatic rings. The van der Waals surface area contributed by atoms with Crippen molar-refractivity contribution < 1.29 is 8.42 Å². The van der Waals surface area contributed by atoms with E-state index < -0.39 is 10.0 Å². The van der Waals surface area contributed by atoms with Crippen LogP contribution in [0.2, 0.25) is 0 Å². The normalized spacial score (nSPS) is 14.8. The number of sulfonamides is 1. The van der Waals surface area contributed by atoms with Crippen molar-refractivity contribution in [1.82, 2.24) is 4.72 Å². The van der Waals surface area contributed by atoms with Gasteiger partial charge in [-0.2, -0.15) is 5.10 Å². The van der Waals surface area contributed by atoms with E-state index in [0.717, 1.165) is 0 Å². The number of benzene rings is 1. The lowest BCUT2D eigenvalue weighted by atomic mass is 10.3. The summed E-state index contributed by atoms with van der Waals surface area (Å²) < 4.78 is 25.3. The maximum absolute atomic E-state index is 11.5. The first-order valence-electron chi connectivity index (χ1n) is 5.48. The number of anilines is 1. The van der Waals surface area contributed by atoms with Gasteiger partial charge in [0.25, 0.3) is 0 Å². The maximum Gasteiger partial charge on any atom is 0.240 e. The Balaban J connectivity index is 2.15. The van der Waals surface area contributed by atoms with Crippen LogP contribution in [0.25, 0.3) is 0 Å². The Bertz CT molecular complexity index is 684. The van der Waals surface area contributed by atoms with Crippen LogP contribution >= 0.6 is 0 Å². The van der Waals surface area contributed by atoms with Crippen molar-refractivity contribution in [2.24, 2.45) is 26.8 Å². The molecule has 1 aliphatic heterocycles. The molecule has 0 spiro atoms.